The summed E-state index contributed by atoms with van der Waals surface area (Å²) in [5.41, 5.74) is 6.73. The molecule has 5 heteroatoms. The quantitative estimate of drug-likeness (QED) is 0.818. The zero-order valence-electron chi connectivity index (χ0n) is 11.5. The van der Waals surface area contributed by atoms with Crippen LogP contribution in [0.15, 0.2) is 18.2 Å². The molecule has 1 atom stereocenters. The normalized spacial score (nSPS) is 20.0. The molecule has 1 aromatic carbocycles. The highest BCUT2D eigenvalue weighted by atomic mass is 32.1. The first kappa shape index (κ1) is 15.4. The van der Waals surface area contributed by atoms with Gasteiger partial charge in [0.05, 0.1) is 0 Å². The first-order valence-electron chi connectivity index (χ1n) is 7.05. The fourth-order valence-corrected chi connectivity index (χ4v) is 2.92. The molecule has 0 spiro atoms. The molecule has 1 saturated heterocycles. The number of benzene rings is 1. The van der Waals surface area contributed by atoms with E-state index >= 15 is 0 Å². The van der Waals surface area contributed by atoms with Crippen molar-refractivity contribution < 1.29 is 9.50 Å². The minimum atomic E-state index is -0.261. The van der Waals surface area contributed by atoms with E-state index < -0.39 is 0 Å². The molecular weight excluding hydrogens is 275 g/mol. The van der Waals surface area contributed by atoms with Gasteiger partial charge in [0.1, 0.15) is 10.8 Å². The van der Waals surface area contributed by atoms with Gasteiger partial charge in [0.25, 0.3) is 0 Å². The van der Waals surface area contributed by atoms with Gasteiger partial charge in [-0.2, -0.15) is 0 Å². The number of halogens is 1. The highest BCUT2D eigenvalue weighted by Crippen LogP contribution is 2.23. The number of thiocarbonyl (C=S) groups is 1. The fourth-order valence-electron chi connectivity index (χ4n) is 2.79. The lowest BCUT2D eigenvalue weighted by molar-refractivity contribution is 0.111. The number of rotatable bonds is 5. The molecule has 1 fully saturated rings. The molecule has 0 saturated carbocycles. The SMILES string of the molecule is NC(=S)c1ccc(CN2CCCCC2CCO)c(F)c1. The van der Waals surface area contributed by atoms with Gasteiger partial charge in [0, 0.05) is 30.3 Å². The third-order valence-corrected chi connectivity index (χ3v) is 4.16. The van der Waals surface area contributed by atoms with Crippen molar-refractivity contribution in [2.75, 3.05) is 13.2 Å². The lowest BCUT2D eigenvalue weighted by Gasteiger charge is -2.35. The number of likely N-dealkylation sites (tertiary alicyclic amines) is 1. The standard InChI is InChI=1S/C15H21FN2OS/c16-14-9-11(15(17)20)4-5-12(14)10-18-7-2-1-3-13(18)6-8-19/h4-5,9,13,19H,1-3,6-8,10H2,(H2,17,20). The molecule has 1 aliphatic heterocycles. The van der Waals surface area contributed by atoms with Crippen molar-refractivity contribution in [3.63, 3.8) is 0 Å². The summed E-state index contributed by atoms with van der Waals surface area (Å²) in [7, 11) is 0. The lowest BCUT2D eigenvalue weighted by atomic mass is 9.98. The Hall–Kier alpha value is -1.04. The van der Waals surface area contributed by atoms with Crippen molar-refractivity contribution in [3.8, 4) is 0 Å². The van der Waals surface area contributed by atoms with Crippen LogP contribution in [0.3, 0.4) is 0 Å². The van der Waals surface area contributed by atoms with Crippen LogP contribution in [0.1, 0.15) is 36.8 Å². The van der Waals surface area contributed by atoms with Gasteiger partial charge in [-0.1, -0.05) is 30.8 Å². The third-order valence-electron chi connectivity index (χ3n) is 3.92. The van der Waals surface area contributed by atoms with Crippen molar-refractivity contribution in [2.24, 2.45) is 5.73 Å². The Morgan fingerprint density at radius 1 is 1.45 bits per heavy atom. The summed E-state index contributed by atoms with van der Waals surface area (Å²) >= 11 is 4.85. The fraction of sp³-hybridized carbons (Fsp3) is 0.533. The molecule has 0 aromatic heterocycles. The highest BCUT2D eigenvalue weighted by Gasteiger charge is 2.22. The number of aliphatic hydroxyl groups excluding tert-OH is 1. The second-order valence-electron chi connectivity index (χ2n) is 5.30. The van der Waals surface area contributed by atoms with Crippen molar-refractivity contribution >= 4 is 17.2 Å². The molecule has 2 rings (SSSR count). The first-order valence-corrected chi connectivity index (χ1v) is 7.45. The third kappa shape index (κ3) is 3.75. The summed E-state index contributed by atoms with van der Waals surface area (Å²) in [5.74, 6) is -0.261. The molecule has 0 bridgehead atoms. The van der Waals surface area contributed by atoms with Crippen LogP contribution < -0.4 is 5.73 Å². The minimum Gasteiger partial charge on any atom is -0.396 e. The van der Waals surface area contributed by atoms with Gasteiger partial charge in [-0.25, -0.2) is 4.39 Å². The van der Waals surface area contributed by atoms with Crippen molar-refractivity contribution in [1.82, 2.24) is 4.90 Å². The largest absolute Gasteiger partial charge is 0.396 e. The van der Waals surface area contributed by atoms with E-state index in [4.69, 9.17) is 23.1 Å². The molecule has 1 heterocycles. The zero-order valence-corrected chi connectivity index (χ0v) is 12.3. The summed E-state index contributed by atoms with van der Waals surface area (Å²) in [4.78, 5) is 2.48. The minimum absolute atomic E-state index is 0.185. The molecule has 0 radical (unpaired) electrons. The van der Waals surface area contributed by atoms with Gasteiger partial charge in [0.15, 0.2) is 0 Å². The first-order chi connectivity index (χ1) is 9.61. The van der Waals surface area contributed by atoms with E-state index in [1.54, 1.807) is 12.1 Å². The molecule has 1 aliphatic rings. The molecule has 3 nitrogen and oxygen atoms in total. The van der Waals surface area contributed by atoms with Crippen LogP contribution in [0.25, 0.3) is 0 Å². The van der Waals surface area contributed by atoms with E-state index in [-0.39, 0.29) is 17.4 Å². The zero-order chi connectivity index (χ0) is 14.5. The summed E-state index contributed by atoms with van der Waals surface area (Å²) in [6, 6.07) is 5.28. The van der Waals surface area contributed by atoms with E-state index in [0.29, 0.717) is 23.7 Å². The van der Waals surface area contributed by atoms with Crippen molar-refractivity contribution in [2.45, 2.75) is 38.3 Å². The van der Waals surface area contributed by atoms with Gasteiger partial charge >= 0.3 is 0 Å². The average molecular weight is 296 g/mol. The molecular formula is C15H21FN2OS. The number of nitrogens with two attached hydrogens (primary N) is 1. The Labute approximate surface area is 124 Å². The maximum Gasteiger partial charge on any atom is 0.128 e. The smallest absolute Gasteiger partial charge is 0.128 e. The molecule has 20 heavy (non-hydrogen) atoms. The Balaban J connectivity index is 2.09. The van der Waals surface area contributed by atoms with Gasteiger partial charge in [0.2, 0.25) is 0 Å². The van der Waals surface area contributed by atoms with E-state index in [1.165, 1.54) is 12.5 Å². The van der Waals surface area contributed by atoms with Crippen molar-refractivity contribution in [3.05, 3.63) is 35.1 Å². The van der Waals surface area contributed by atoms with E-state index in [0.717, 1.165) is 25.8 Å². The van der Waals surface area contributed by atoms with Crippen LogP contribution in [-0.4, -0.2) is 34.2 Å². The number of piperidine rings is 1. The predicted molar refractivity (Wildman–Crippen MR) is 82.0 cm³/mol. The summed E-state index contributed by atoms with van der Waals surface area (Å²) < 4.78 is 14.1. The Kier molecular flexibility index (Phi) is 5.46. The van der Waals surface area contributed by atoms with E-state index in [1.807, 2.05) is 0 Å². The summed E-state index contributed by atoms with van der Waals surface area (Å²) in [6.45, 7) is 1.72. The summed E-state index contributed by atoms with van der Waals surface area (Å²) in [5, 5.41) is 9.13. The van der Waals surface area contributed by atoms with Gasteiger partial charge in [-0.15, -0.1) is 0 Å². The maximum absolute atomic E-state index is 14.1. The molecule has 1 unspecified atom stereocenters. The van der Waals surface area contributed by atoms with Gasteiger partial charge < -0.3 is 10.8 Å². The maximum atomic E-state index is 14.1. The van der Waals surface area contributed by atoms with E-state index in [9.17, 15) is 4.39 Å². The Morgan fingerprint density at radius 2 is 2.25 bits per heavy atom. The topological polar surface area (TPSA) is 49.5 Å². The molecule has 3 N–H and O–H groups in total. The molecule has 0 amide bonds. The predicted octanol–water partition coefficient (Wildman–Crippen LogP) is 2.20. The number of nitrogens with zero attached hydrogens (tertiary/aromatic N) is 1. The van der Waals surface area contributed by atoms with Crippen LogP contribution >= 0.6 is 12.2 Å². The highest BCUT2D eigenvalue weighted by molar-refractivity contribution is 7.80. The second kappa shape index (κ2) is 7.11. The molecule has 0 aliphatic carbocycles. The Morgan fingerprint density at radius 3 is 2.90 bits per heavy atom. The lowest BCUT2D eigenvalue weighted by Crippen LogP contribution is -2.39. The van der Waals surface area contributed by atoms with Crippen LogP contribution in [0.5, 0.6) is 0 Å². The van der Waals surface area contributed by atoms with Crippen LogP contribution in [0.2, 0.25) is 0 Å². The van der Waals surface area contributed by atoms with Gasteiger partial charge in [-0.3, -0.25) is 4.90 Å². The second-order valence-corrected chi connectivity index (χ2v) is 5.74. The van der Waals surface area contributed by atoms with Crippen LogP contribution in [-0.2, 0) is 6.54 Å². The monoisotopic (exact) mass is 296 g/mol. The Bertz CT molecular complexity index is 479. The van der Waals surface area contributed by atoms with Gasteiger partial charge in [-0.05, 0) is 31.9 Å². The van der Waals surface area contributed by atoms with E-state index in [2.05, 4.69) is 4.90 Å². The average Bonchev–Trinajstić information content (AvgIpc) is 2.43. The van der Waals surface area contributed by atoms with Crippen LogP contribution in [0, 0.1) is 5.82 Å². The number of aliphatic hydroxyl groups is 1. The number of hydrogen-bond acceptors (Lipinski definition) is 3. The van der Waals surface area contributed by atoms with Crippen LogP contribution in [0.4, 0.5) is 4.39 Å². The van der Waals surface area contributed by atoms with Crippen molar-refractivity contribution in [1.29, 1.82) is 0 Å². The number of hydrogen-bond donors (Lipinski definition) is 2. The summed E-state index contributed by atoms with van der Waals surface area (Å²) in [6.07, 6.45) is 4.15. The molecule has 110 valence electrons. The molecule has 1 aromatic rings.